The van der Waals surface area contributed by atoms with Crippen molar-refractivity contribution in [2.24, 2.45) is 0 Å². The van der Waals surface area contributed by atoms with Crippen LogP contribution in [0.5, 0.6) is 0 Å². The van der Waals surface area contributed by atoms with Crippen molar-refractivity contribution >= 4 is 11.6 Å². The fraction of sp³-hybridized carbons (Fsp3) is 0.0952. The topological polar surface area (TPSA) is 41.8 Å². The molecule has 0 spiro atoms. The highest BCUT2D eigenvalue weighted by atomic mass is 35.5. The van der Waals surface area contributed by atoms with Crippen molar-refractivity contribution in [3.8, 4) is 34.2 Å². The molecule has 0 saturated heterocycles. The van der Waals surface area contributed by atoms with E-state index in [4.69, 9.17) is 21.0 Å². The molecule has 1 N–H and O–H groups in total. The normalized spacial score (nSPS) is 11.0. The fourth-order valence-electron chi connectivity index (χ4n) is 2.95. The summed E-state index contributed by atoms with van der Waals surface area (Å²) in [5.74, 6) is 2.27. The largest absolute Gasteiger partial charge is 0.453 e. The minimum Gasteiger partial charge on any atom is -0.453 e. The van der Waals surface area contributed by atoms with Crippen LogP contribution in [0.2, 0.25) is 5.02 Å². The Hall–Kier alpha value is -2.78. The van der Waals surface area contributed by atoms with Crippen molar-refractivity contribution in [2.75, 3.05) is 0 Å². The minimum atomic E-state index is 0.696. The van der Waals surface area contributed by atoms with Gasteiger partial charge in [-0.15, -0.1) is 0 Å². The highest BCUT2D eigenvalue weighted by Crippen LogP contribution is 2.31. The molecule has 0 saturated carbocycles. The first kappa shape index (κ1) is 15.7. The first-order valence-corrected chi connectivity index (χ1v) is 8.48. The van der Waals surface area contributed by atoms with Crippen LogP contribution >= 0.6 is 11.6 Å². The lowest BCUT2D eigenvalue weighted by atomic mass is 10.1. The number of nitrogens with one attached hydrogen (secondary N) is 1. The monoisotopic (exact) mass is 348 g/mol. The third-order valence-electron chi connectivity index (χ3n) is 4.23. The van der Waals surface area contributed by atoms with Crippen LogP contribution < -0.4 is 0 Å². The van der Waals surface area contributed by atoms with Crippen LogP contribution in [0.1, 0.15) is 11.3 Å². The molecular formula is C21H17ClN2O. The van der Waals surface area contributed by atoms with E-state index in [0.717, 1.165) is 34.0 Å². The van der Waals surface area contributed by atoms with Crippen molar-refractivity contribution in [1.82, 2.24) is 9.97 Å². The van der Waals surface area contributed by atoms with Crippen LogP contribution in [-0.2, 0) is 0 Å². The average Bonchev–Trinajstić information content (AvgIpc) is 3.22. The molecule has 0 unspecified atom stereocenters. The molecule has 3 nitrogen and oxygen atoms in total. The molecule has 0 aliphatic rings. The van der Waals surface area contributed by atoms with Gasteiger partial charge in [0.25, 0.3) is 0 Å². The van der Waals surface area contributed by atoms with E-state index in [1.807, 2.05) is 55.5 Å². The Kier molecular flexibility index (Phi) is 3.94. The lowest BCUT2D eigenvalue weighted by Gasteiger charge is -2.01. The van der Waals surface area contributed by atoms with Crippen molar-refractivity contribution in [2.45, 2.75) is 13.8 Å². The van der Waals surface area contributed by atoms with E-state index < -0.39 is 0 Å². The minimum absolute atomic E-state index is 0.696. The molecule has 0 atom stereocenters. The number of aromatic nitrogens is 2. The second-order valence-corrected chi connectivity index (χ2v) is 6.48. The molecule has 2 aromatic heterocycles. The van der Waals surface area contributed by atoms with E-state index in [1.54, 1.807) is 0 Å². The number of aromatic amines is 1. The predicted octanol–water partition coefficient (Wildman–Crippen LogP) is 6.27. The molecule has 0 aliphatic carbocycles. The molecule has 4 rings (SSSR count). The average molecular weight is 349 g/mol. The molecule has 0 radical (unpaired) electrons. The smallest absolute Gasteiger partial charge is 0.174 e. The second-order valence-electron chi connectivity index (χ2n) is 6.05. The molecule has 2 heterocycles. The Balaban J connectivity index is 1.72. The zero-order chi connectivity index (χ0) is 17.4. The Morgan fingerprint density at radius 1 is 0.920 bits per heavy atom. The van der Waals surface area contributed by atoms with Crippen LogP contribution in [0.15, 0.2) is 65.1 Å². The van der Waals surface area contributed by atoms with Gasteiger partial charge in [0.2, 0.25) is 0 Å². The first-order chi connectivity index (χ1) is 12.1. The van der Waals surface area contributed by atoms with Crippen LogP contribution in [0.4, 0.5) is 0 Å². The van der Waals surface area contributed by atoms with Gasteiger partial charge in [0.15, 0.2) is 11.6 Å². The number of nitrogens with zero attached hydrogens (tertiary/aromatic N) is 1. The summed E-state index contributed by atoms with van der Waals surface area (Å²) in [5, 5.41) is 0.696. The number of halogens is 1. The lowest BCUT2D eigenvalue weighted by Crippen LogP contribution is -1.81. The van der Waals surface area contributed by atoms with Gasteiger partial charge in [0.1, 0.15) is 5.76 Å². The standard InChI is InChI=1S/C21H17ClN2O/c1-13-6-3-4-9-17(13)18-10-11-19(25-18)21-23-14(2)20(24-21)15-7-5-8-16(22)12-15/h3-12H,1-2H3,(H,23,24). The number of benzene rings is 2. The zero-order valence-electron chi connectivity index (χ0n) is 14.0. The number of hydrogen-bond acceptors (Lipinski definition) is 2. The van der Waals surface area contributed by atoms with E-state index in [1.165, 1.54) is 5.56 Å². The molecule has 0 bridgehead atoms. The maximum Gasteiger partial charge on any atom is 0.174 e. The van der Waals surface area contributed by atoms with Crippen molar-refractivity contribution in [1.29, 1.82) is 0 Å². The van der Waals surface area contributed by atoms with Crippen molar-refractivity contribution in [3.63, 3.8) is 0 Å². The third-order valence-corrected chi connectivity index (χ3v) is 4.47. The summed E-state index contributed by atoms with van der Waals surface area (Å²) in [5.41, 5.74) is 5.11. The molecule has 2 aromatic carbocycles. The molecular weight excluding hydrogens is 332 g/mol. The number of furan rings is 1. The van der Waals surface area contributed by atoms with E-state index in [-0.39, 0.29) is 0 Å². The number of H-pyrrole nitrogens is 1. The molecule has 4 heteroatoms. The Labute approximate surface area is 151 Å². The quantitative estimate of drug-likeness (QED) is 0.473. The summed E-state index contributed by atoms with van der Waals surface area (Å²) in [6.07, 6.45) is 0. The van der Waals surface area contributed by atoms with Gasteiger partial charge < -0.3 is 9.40 Å². The van der Waals surface area contributed by atoms with Gasteiger partial charge in [-0.2, -0.15) is 0 Å². The number of rotatable bonds is 3. The molecule has 0 aliphatic heterocycles. The first-order valence-electron chi connectivity index (χ1n) is 8.10. The number of imidazole rings is 1. The van der Waals surface area contributed by atoms with Crippen molar-refractivity contribution < 1.29 is 4.42 Å². The zero-order valence-corrected chi connectivity index (χ0v) is 14.8. The Bertz CT molecular complexity index is 1050. The van der Waals surface area contributed by atoms with E-state index in [2.05, 4.69) is 24.0 Å². The van der Waals surface area contributed by atoms with Gasteiger partial charge in [0, 0.05) is 21.8 Å². The van der Waals surface area contributed by atoms with Gasteiger partial charge in [-0.1, -0.05) is 48.0 Å². The summed E-state index contributed by atoms with van der Waals surface area (Å²) in [6, 6.07) is 19.8. The van der Waals surface area contributed by atoms with Crippen LogP contribution in [-0.4, -0.2) is 9.97 Å². The van der Waals surface area contributed by atoms with Crippen LogP contribution in [0.3, 0.4) is 0 Å². The molecule has 25 heavy (non-hydrogen) atoms. The van der Waals surface area contributed by atoms with E-state index >= 15 is 0 Å². The number of hydrogen-bond donors (Lipinski definition) is 1. The SMILES string of the molecule is Cc1ccccc1-c1ccc(-c2nc(-c3cccc(Cl)c3)c(C)[nH]2)o1. The molecule has 4 aromatic rings. The van der Waals surface area contributed by atoms with Gasteiger partial charge in [0.05, 0.1) is 5.69 Å². The van der Waals surface area contributed by atoms with Crippen LogP contribution in [0, 0.1) is 13.8 Å². The summed E-state index contributed by atoms with van der Waals surface area (Å²) in [4.78, 5) is 8.02. The Morgan fingerprint density at radius 2 is 1.72 bits per heavy atom. The van der Waals surface area contributed by atoms with Gasteiger partial charge in [-0.25, -0.2) is 4.98 Å². The maximum absolute atomic E-state index is 6.10. The van der Waals surface area contributed by atoms with Gasteiger partial charge in [-0.3, -0.25) is 0 Å². The highest BCUT2D eigenvalue weighted by Gasteiger charge is 2.14. The highest BCUT2D eigenvalue weighted by molar-refractivity contribution is 6.30. The summed E-state index contributed by atoms with van der Waals surface area (Å²) >= 11 is 6.10. The van der Waals surface area contributed by atoms with Gasteiger partial charge in [-0.05, 0) is 43.7 Å². The second kappa shape index (κ2) is 6.26. The summed E-state index contributed by atoms with van der Waals surface area (Å²) in [7, 11) is 0. The molecule has 0 fully saturated rings. The predicted molar refractivity (Wildman–Crippen MR) is 102 cm³/mol. The van der Waals surface area contributed by atoms with Gasteiger partial charge >= 0.3 is 0 Å². The molecule has 124 valence electrons. The summed E-state index contributed by atoms with van der Waals surface area (Å²) < 4.78 is 6.04. The van der Waals surface area contributed by atoms with Crippen LogP contribution in [0.25, 0.3) is 34.2 Å². The van der Waals surface area contributed by atoms with E-state index in [0.29, 0.717) is 10.8 Å². The summed E-state index contributed by atoms with van der Waals surface area (Å²) in [6.45, 7) is 4.07. The van der Waals surface area contributed by atoms with Crippen molar-refractivity contribution in [3.05, 3.63) is 76.9 Å². The lowest BCUT2D eigenvalue weighted by molar-refractivity contribution is 0.592. The maximum atomic E-state index is 6.10. The fourth-order valence-corrected chi connectivity index (χ4v) is 3.14. The number of aryl methyl sites for hydroxylation is 2. The Morgan fingerprint density at radius 3 is 2.52 bits per heavy atom. The molecule has 0 amide bonds. The van der Waals surface area contributed by atoms with E-state index in [9.17, 15) is 0 Å². The third kappa shape index (κ3) is 2.99.